The number of non-ortho nitro benzene ring substituents is 1. The molecule has 0 aliphatic carbocycles. The van der Waals surface area contributed by atoms with Crippen LogP contribution in [0.15, 0.2) is 18.2 Å². The van der Waals surface area contributed by atoms with Crippen LogP contribution in [0.3, 0.4) is 0 Å². The zero-order valence-electron chi connectivity index (χ0n) is 12.3. The smallest absolute Gasteiger partial charge is 0.270 e. The van der Waals surface area contributed by atoms with Gasteiger partial charge in [-0.1, -0.05) is 25.2 Å². The summed E-state index contributed by atoms with van der Waals surface area (Å²) in [6.07, 6.45) is 0. The van der Waals surface area contributed by atoms with Gasteiger partial charge >= 0.3 is 0 Å². The molecule has 0 radical (unpaired) electrons. The van der Waals surface area contributed by atoms with E-state index in [1.54, 1.807) is 12.1 Å². The Morgan fingerprint density at radius 2 is 2.10 bits per heavy atom. The molecule has 0 saturated heterocycles. The first kappa shape index (κ1) is 15.5. The van der Waals surface area contributed by atoms with Crippen molar-refractivity contribution >= 4 is 17.0 Å². The Bertz CT molecular complexity index is 640. The average Bonchev–Trinajstić information content (AvgIpc) is 2.86. The fourth-order valence-corrected chi connectivity index (χ4v) is 2.70. The maximum absolute atomic E-state index is 10.9. The molecule has 21 heavy (non-hydrogen) atoms. The zero-order chi connectivity index (χ0) is 15.4. The van der Waals surface area contributed by atoms with E-state index in [0.29, 0.717) is 17.5 Å². The van der Waals surface area contributed by atoms with Crippen LogP contribution in [0.5, 0.6) is 0 Å². The van der Waals surface area contributed by atoms with Gasteiger partial charge in [0.2, 0.25) is 0 Å². The molecule has 0 unspecified atom stereocenters. The lowest BCUT2D eigenvalue weighted by Gasteiger charge is -2.04. The molecule has 0 saturated carbocycles. The normalized spacial score (nSPS) is 11.0. The largest absolute Gasteiger partial charge is 0.310 e. The Morgan fingerprint density at radius 1 is 1.33 bits per heavy atom. The van der Waals surface area contributed by atoms with Crippen molar-refractivity contribution in [2.75, 3.05) is 6.54 Å². The standard InChI is InChI=1S/C14H18N4O2S/c1-9(2)7-15-8-13-16-17-14(21-13)11-4-10(3)5-12(6-11)18(19)20/h4-6,9,15H,7-8H2,1-3H3. The topological polar surface area (TPSA) is 81.0 Å². The highest BCUT2D eigenvalue weighted by molar-refractivity contribution is 7.14. The molecule has 2 aromatic rings. The molecule has 0 aliphatic rings. The van der Waals surface area contributed by atoms with Gasteiger partial charge in [-0.3, -0.25) is 10.1 Å². The van der Waals surface area contributed by atoms with E-state index < -0.39 is 0 Å². The molecule has 0 amide bonds. The summed E-state index contributed by atoms with van der Waals surface area (Å²) in [4.78, 5) is 10.5. The summed E-state index contributed by atoms with van der Waals surface area (Å²) < 4.78 is 0. The quantitative estimate of drug-likeness (QED) is 0.655. The van der Waals surface area contributed by atoms with Crippen LogP contribution in [0.4, 0.5) is 5.69 Å². The number of nitro groups is 1. The van der Waals surface area contributed by atoms with E-state index >= 15 is 0 Å². The first-order valence-corrected chi connectivity index (χ1v) is 7.57. The maximum Gasteiger partial charge on any atom is 0.270 e. The highest BCUT2D eigenvalue weighted by Gasteiger charge is 2.13. The molecule has 0 fully saturated rings. The molecular weight excluding hydrogens is 288 g/mol. The van der Waals surface area contributed by atoms with Crippen LogP contribution < -0.4 is 5.32 Å². The van der Waals surface area contributed by atoms with Gasteiger partial charge in [-0.05, 0) is 31.0 Å². The molecule has 112 valence electrons. The second-order valence-electron chi connectivity index (χ2n) is 5.34. The third-order valence-electron chi connectivity index (χ3n) is 2.82. The van der Waals surface area contributed by atoms with Gasteiger partial charge in [0, 0.05) is 24.2 Å². The fourth-order valence-electron chi connectivity index (χ4n) is 1.90. The van der Waals surface area contributed by atoms with E-state index in [1.165, 1.54) is 11.3 Å². The molecule has 0 atom stereocenters. The molecule has 1 aromatic carbocycles. The lowest BCUT2D eigenvalue weighted by Crippen LogP contribution is -2.18. The molecule has 1 aromatic heterocycles. The zero-order valence-corrected chi connectivity index (χ0v) is 13.1. The van der Waals surface area contributed by atoms with Crippen LogP contribution in [0.1, 0.15) is 24.4 Å². The van der Waals surface area contributed by atoms with Crippen molar-refractivity contribution in [1.29, 1.82) is 0 Å². The number of aromatic nitrogens is 2. The van der Waals surface area contributed by atoms with E-state index in [0.717, 1.165) is 22.7 Å². The van der Waals surface area contributed by atoms with Gasteiger partial charge in [0.05, 0.1) is 4.92 Å². The van der Waals surface area contributed by atoms with E-state index in [9.17, 15) is 10.1 Å². The predicted molar refractivity (Wildman–Crippen MR) is 83.3 cm³/mol. The highest BCUT2D eigenvalue weighted by Crippen LogP contribution is 2.28. The van der Waals surface area contributed by atoms with Crippen molar-refractivity contribution in [3.05, 3.63) is 38.9 Å². The van der Waals surface area contributed by atoms with E-state index in [1.807, 2.05) is 13.0 Å². The number of rotatable bonds is 6. The van der Waals surface area contributed by atoms with Gasteiger partial charge in [-0.15, -0.1) is 10.2 Å². The molecule has 2 rings (SSSR count). The van der Waals surface area contributed by atoms with Crippen molar-refractivity contribution in [3.63, 3.8) is 0 Å². The van der Waals surface area contributed by atoms with Gasteiger partial charge in [0.25, 0.3) is 5.69 Å². The fraction of sp³-hybridized carbons (Fsp3) is 0.429. The summed E-state index contributed by atoms with van der Waals surface area (Å²) in [5, 5.41) is 24.1. The van der Waals surface area contributed by atoms with E-state index in [-0.39, 0.29) is 10.6 Å². The minimum Gasteiger partial charge on any atom is -0.310 e. The molecular formula is C14H18N4O2S. The van der Waals surface area contributed by atoms with Crippen molar-refractivity contribution in [2.24, 2.45) is 5.92 Å². The second kappa shape index (κ2) is 6.73. The second-order valence-corrected chi connectivity index (χ2v) is 6.40. The number of hydrogen-bond donors (Lipinski definition) is 1. The number of nitrogens with zero attached hydrogens (tertiary/aromatic N) is 3. The van der Waals surface area contributed by atoms with Crippen LogP contribution >= 0.6 is 11.3 Å². The van der Waals surface area contributed by atoms with E-state index in [2.05, 4.69) is 29.4 Å². The number of benzene rings is 1. The molecule has 0 aliphatic heterocycles. The van der Waals surface area contributed by atoms with Gasteiger partial charge in [-0.2, -0.15) is 0 Å². The maximum atomic E-state index is 10.9. The first-order chi connectivity index (χ1) is 9.95. The Labute approximate surface area is 127 Å². The van der Waals surface area contributed by atoms with Gasteiger partial charge in [0.15, 0.2) is 0 Å². The number of aryl methyl sites for hydroxylation is 1. The lowest BCUT2D eigenvalue weighted by molar-refractivity contribution is -0.384. The van der Waals surface area contributed by atoms with Crippen LogP contribution in [0.2, 0.25) is 0 Å². The Balaban J connectivity index is 2.15. The van der Waals surface area contributed by atoms with Gasteiger partial charge in [0.1, 0.15) is 10.0 Å². The lowest BCUT2D eigenvalue weighted by atomic mass is 10.1. The van der Waals surface area contributed by atoms with Crippen molar-refractivity contribution in [3.8, 4) is 10.6 Å². The van der Waals surface area contributed by atoms with E-state index in [4.69, 9.17) is 0 Å². The summed E-state index contributed by atoms with van der Waals surface area (Å²) in [6, 6.07) is 4.98. The molecule has 0 spiro atoms. The van der Waals surface area contributed by atoms with Crippen LogP contribution in [-0.2, 0) is 6.54 Å². The van der Waals surface area contributed by atoms with Crippen molar-refractivity contribution in [1.82, 2.24) is 15.5 Å². The number of nitro benzene ring substituents is 1. The first-order valence-electron chi connectivity index (χ1n) is 6.75. The number of hydrogen-bond acceptors (Lipinski definition) is 6. The summed E-state index contributed by atoms with van der Waals surface area (Å²) in [5.41, 5.74) is 1.67. The Hall–Kier alpha value is -1.86. The molecule has 0 bridgehead atoms. The highest BCUT2D eigenvalue weighted by atomic mass is 32.1. The minimum absolute atomic E-state index is 0.0830. The van der Waals surface area contributed by atoms with Crippen molar-refractivity contribution < 1.29 is 4.92 Å². The average molecular weight is 306 g/mol. The minimum atomic E-state index is -0.386. The molecule has 1 heterocycles. The summed E-state index contributed by atoms with van der Waals surface area (Å²) in [6.45, 7) is 7.71. The van der Waals surface area contributed by atoms with Gasteiger partial charge < -0.3 is 5.32 Å². The molecule has 7 heteroatoms. The van der Waals surface area contributed by atoms with Crippen LogP contribution in [-0.4, -0.2) is 21.7 Å². The molecule has 1 N–H and O–H groups in total. The third kappa shape index (κ3) is 4.30. The molecule has 6 nitrogen and oxygen atoms in total. The summed E-state index contributed by atoms with van der Waals surface area (Å²) >= 11 is 1.46. The van der Waals surface area contributed by atoms with Crippen molar-refractivity contribution in [2.45, 2.75) is 27.3 Å². The summed E-state index contributed by atoms with van der Waals surface area (Å²) in [7, 11) is 0. The number of nitrogens with one attached hydrogen (secondary N) is 1. The van der Waals surface area contributed by atoms with Crippen LogP contribution in [0, 0.1) is 23.0 Å². The summed E-state index contributed by atoms with van der Waals surface area (Å²) in [5.74, 6) is 0.580. The Kier molecular flexibility index (Phi) is 4.98. The van der Waals surface area contributed by atoms with Gasteiger partial charge in [-0.25, -0.2) is 0 Å². The SMILES string of the molecule is Cc1cc(-c2nnc(CNCC(C)C)s2)cc([N+](=O)[O-])c1. The van der Waals surface area contributed by atoms with Crippen LogP contribution in [0.25, 0.3) is 10.6 Å². The third-order valence-corrected chi connectivity index (χ3v) is 3.79. The monoisotopic (exact) mass is 306 g/mol. The Morgan fingerprint density at radius 3 is 2.76 bits per heavy atom. The predicted octanol–water partition coefficient (Wildman–Crippen LogP) is 3.17.